The van der Waals surface area contributed by atoms with Crippen LogP contribution >= 0.6 is 0 Å². The van der Waals surface area contributed by atoms with E-state index in [0.717, 1.165) is 11.1 Å². The van der Waals surface area contributed by atoms with Gasteiger partial charge < -0.3 is 4.74 Å². The van der Waals surface area contributed by atoms with Crippen LogP contribution in [0.5, 0.6) is 0 Å². The van der Waals surface area contributed by atoms with Crippen LogP contribution in [-0.4, -0.2) is 12.6 Å². The van der Waals surface area contributed by atoms with Gasteiger partial charge >= 0.3 is 5.97 Å². The van der Waals surface area contributed by atoms with Gasteiger partial charge in [-0.3, -0.25) is 0 Å². The number of carbonyl (C=O) groups is 1. The highest BCUT2D eigenvalue weighted by atomic mass is 16.5. The van der Waals surface area contributed by atoms with Crippen molar-refractivity contribution in [3.8, 4) is 11.1 Å². The third kappa shape index (κ3) is 3.95. The monoisotopic (exact) mass is 258 g/mol. The maximum absolute atomic E-state index is 11.8. The molecule has 0 aromatic heterocycles. The van der Waals surface area contributed by atoms with Crippen molar-refractivity contribution < 1.29 is 9.53 Å². The van der Waals surface area contributed by atoms with Gasteiger partial charge in [0, 0.05) is 0 Å². The lowest BCUT2D eigenvalue weighted by Gasteiger charge is -2.08. The van der Waals surface area contributed by atoms with E-state index in [1.807, 2.05) is 55.5 Å². The van der Waals surface area contributed by atoms with Crippen LogP contribution in [0.1, 0.15) is 32.1 Å². The second-order valence-electron chi connectivity index (χ2n) is 3.63. The van der Waals surface area contributed by atoms with Gasteiger partial charge in [0.05, 0.1) is 12.2 Å². The fourth-order valence-electron chi connectivity index (χ4n) is 1.74. The number of hydrogen-bond acceptors (Lipinski definition) is 2. The third-order valence-corrected chi connectivity index (χ3v) is 2.51. The summed E-state index contributed by atoms with van der Waals surface area (Å²) >= 11 is 0. The highest BCUT2D eigenvalue weighted by Crippen LogP contribution is 2.23. The Morgan fingerprint density at radius 3 is 2.16 bits per heavy atom. The number of ether oxygens (including phenoxy) is 1. The summed E-state index contributed by atoms with van der Waals surface area (Å²) in [6.45, 7) is 2.20. The average molecular weight is 258 g/mol. The van der Waals surface area contributed by atoms with Gasteiger partial charge in [0.1, 0.15) is 0 Å². The summed E-state index contributed by atoms with van der Waals surface area (Å²) < 4.78 is 5.05. The van der Waals surface area contributed by atoms with Gasteiger partial charge in [-0.25, -0.2) is 4.79 Å². The molecule has 0 unspecified atom stereocenters. The minimum Gasteiger partial charge on any atom is -0.462 e. The van der Waals surface area contributed by atoms with E-state index < -0.39 is 0 Å². The molecule has 19 heavy (non-hydrogen) atoms. The van der Waals surface area contributed by atoms with Crippen LogP contribution < -0.4 is 0 Å². The second kappa shape index (κ2) is 8.09. The highest BCUT2D eigenvalue weighted by molar-refractivity contribution is 5.97. The standard InChI is InChI=1S/C15H14O2.2CH4/c1-2-17-15(16)14-11-7-6-10-13(14)12-8-4-3-5-9-12;;/h3-11H,2H2,1H3;2*1H4. The van der Waals surface area contributed by atoms with Crippen molar-refractivity contribution >= 4 is 5.97 Å². The smallest absolute Gasteiger partial charge is 0.338 e. The van der Waals surface area contributed by atoms with Crippen molar-refractivity contribution in [1.29, 1.82) is 0 Å². The molecule has 0 heterocycles. The summed E-state index contributed by atoms with van der Waals surface area (Å²) in [4.78, 5) is 11.8. The lowest BCUT2D eigenvalue weighted by atomic mass is 10.00. The maximum atomic E-state index is 11.8. The van der Waals surface area contributed by atoms with E-state index in [-0.39, 0.29) is 20.8 Å². The lowest BCUT2D eigenvalue weighted by Crippen LogP contribution is -2.06. The molecule has 2 aromatic rings. The van der Waals surface area contributed by atoms with Crippen LogP contribution in [0.15, 0.2) is 54.6 Å². The average Bonchev–Trinajstić information content (AvgIpc) is 2.40. The molecule has 0 bridgehead atoms. The molecule has 0 saturated carbocycles. The number of benzene rings is 2. The molecule has 0 aliphatic heterocycles. The van der Waals surface area contributed by atoms with Gasteiger partial charge in [-0.05, 0) is 24.1 Å². The fraction of sp³-hybridized carbons (Fsp3) is 0.235. The Balaban J connectivity index is 0.00000162. The minimum atomic E-state index is -0.271. The van der Waals surface area contributed by atoms with Gasteiger partial charge in [0.15, 0.2) is 0 Å². The van der Waals surface area contributed by atoms with E-state index in [2.05, 4.69) is 0 Å². The van der Waals surface area contributed by atoms with Crippen LogP contribution in [0.25, 0.3) is 11.1 Å². The molecular formula is C17H22O2. The van der Waals surface area contributed by atoms with Crippen molar-refractivity contribution in [2.24, 2.45) is 0 Å². The predicted octanol–water partition coefficient (Wildman–Crippen LogP) is 4.80. The Morgan fingerprint density at radius 2 is 1.53 bits per heavy atom. The van der Waals surface area contributed by atoms with E-state index in [9.17, 15) is 4.79 Å². The topological polar surface area (TPSA) is 26.3 Å². The molecular weight excluding hydrogens is 236 g/mol. The van der Waals surface area contributed by atoms with Gasteiger partial charge in [-0.1, -0.05) is 63.4 Å². The van der Waals surface area contributed by atoms with E-state index in [1.165, 1.54) is 0 Å². The zero-order valence-corrected chi connectivity index (χ0v) is 9.72. The summed E-state index contributed by atoms with van der Waals surface area (Å²) in [5, 5.41) is 0. The summed E-state index contributed by atoms with van der Waals surface area (Å²) in [5.41, 5.74) is 2.54. The van der Waals surface area contributed by atoms with Crippen LogP contribution in [0.2, 0.25) is 0 Å². The molecule has 0 N–H and O–H groups in total. The SMILES string of the molecule is C.C.CCOC(=O)c1ccccc1-c1ccccc1. The number of rotatable bonds is 3. The summed E-state index contributed by atoms with van der Waals surface area (Å²) in [6.07, 6.45) is 0. The first-order valence-electron chi connectivity index (χ1n) is 5.64. The summed E-state index contributed by atoms with van der Waals surface area (Å²) in [6, 6.07) is 17.3. The Bertz CT molecular complexity index is 504. The van der Waals surface area contributed by atoms with Crippen molar-refractivity contribution in [1.82, 2.24) is 0 Å². The summed E-state index contributed by atoms with van der Waals surface area (Å²) in [5.74, 6) is -0.271. The lowest BCUT2D eigenvalue weighted by molar-refractivity contribution is 0.0527. The van der Waals surface area contributed by atoms with Crippen molar-refractivity contribution in [2.75, 3.05) is 6.61 Å². The summed E-state index contributed by atoms with van der Waals surface area (Å²) in [7, 11) is 0. The van der Waals surface area contributed by atoms with E-state index >= 15 is 0 Å². The first kappa shape index (κ1) is 16.9. The van der Waals surface area contributed by atoms with Crippen LogP contribution in [0.3, 0.4) is 0 Å². The molecule has 2 rings (SSSR count). The molecule has 0 radical (unpaired) electrons. The molecule has 102 valence electrons. The fourth-order valence-corrected chi connectivity index (χ4v) is 1.74. The first-order chi connectivity index (χ1) is 8.33. The number of hydrogen-bond donors (Lipinski definition) is 0. The second-order valence-corrected chi connectivity index (χ2v) is 3.63. The van der Waals surface area contributed by atoms with E-state index in [4.69, 9.17) is 4.74 Å². The largest absolute Gasteiger partial charge is 0.462 e. The zero-order valence-electron chi connectivity index (χ0n) is 9.72. The van der Waals surface area contributed by atoms with Gasteiger partial charge in [-0.2, -0.15) is 0 Å². The molecule has 0 amide bonds. The Kier molecular flexibility index (Phi) is 7.20. The molecule has 0 atom stereocenters. The normalized spacial score (nSPS) is 8.89. The zero-order chi connectivity index (χ0) is 12.1. The number of esters is 1. The first-order valence-corrected chi connectivity index (χ1v) is 5.64. The van der Waals surface area contributed by atoms with E-state index in [1.54, 1.807) is 6.07 Å². The minimum absolute atomic E-state index is 0. The molecule has 2 nitrogen and oxygen atoms in total. The molecule has 0 aliphatic rings. The van der Waals surface area contributed by atoms with Crippen molar-refractivity contribution in [3.63, 3.8) is 0 Å². The highest BCUT2D eigenvalue weighted by Gasteiger charge is 2.12. The van der Waals surface area contributed by atoms with Gasteiger partial charge in [0.25, 0.3) is 0 Å². The van der Waals surface area contributed by atoms with Crippen molar-refractivity contribution in [2.45, 2.75) is 21.8 Å². The van der Waals surface area contributed by atoms with E-state index in [0.29, 0.717) is 12.2 Å². The quantitative estimate of drug-likeness (QED) is 0.739. The Labute approximate surface area is 116 Å². The molecule has 2 heteroatoms. The van der Waals surface area contributed by atoms with Gasteiger partial charge in [0.2, 0.25) is 0 Å². The molecule has 0 aliphatic carbocycles. The van der Waals surface area contributed by atoms with Gasteiger partial charge in [-0.15, -0.1) is 0 Å². The van der Waals surface area contributed by atoms with Crippen LogP contribution in [-0.2, 0) is 4.74 Å². The molecule has 0 fully saturated rings. The maximum Gasteiger partial charge on any atom is 0.338 e. The Morgan fingerprint density at radius 1 is 0.947 bits per heavy atom. The molecule has 0 spiro atoms. The van der Waals surface area contributed by atoms with Crippen LogP contribution in [0, 0.1) is 0 Å². The predicted molar refractivity (Wildman–Crippen MR) is 81.3 cm³/mol. The van der Waals surface area contributed by atoms with Crippen molar-refractivity contribution in [3.05, 3.63) is 60.2 Å². The third-order valence-electron chi connectivity index (χ3n) is 2.51. The molecule has 2 aromatic carbocycles. The van der Waals surface area contributed by atoms with Crippen LogP contribution in [0.4, 0.5) is 0 Å². The molecule has 0 saturated heterocycles. The Hall–Kier alpha value is -2.09. The number of carbonyl (C=O) groups excluding carboxylic acids is 1.